The molecule has 152 valence electrons. The van der Waals surface area contributed by atoms with Gasteiger partial charge in [-0.3, -0.25) is 4.79 Å². The Kier molecular flexibility index (Phi) is 8.97. The molecule has 0 saturated heterocycles. The van der Waals surface area contributed by atoms with Gasteiger partial charge in [0.2, 0.25) is 5.91 Å². The largest absolute Gasteiger partial charge is 0.380 e. The van der Waals surface area contributed by atoms with Gasteiger partial charge < -0.3 is 15.8 Å². The zero-order valence-electron chi connectivity index (χ0n) is 16.4. The Labute approximate surface area is 174 Å². The van der Waals surface area contributed by atoms with E-state index in [0.29, 0.717) is 13.0 Å². The Balaban J connectivity index is 0.00000280. The third-order valence-corrected chi connectivity index (χ3v) is 5.65. The first-order valence-corrected chi connectivity index (χ1v) is 9.85. The number of carbonyl (C=O) groups excluding carboxylic acids is 1. The molecule has 0 radical (unpaired) electrons. The topological polar surface area (TPSA) is 64.3 Å². The van der Waals surface area contributed by atoms with Crippen LogP contribution in [0, 0.1) is 5.92 Å². The van der Waals surface area contributed by atoms with Gasteiger partial charge in [0.05, 0.1) is 6.10 Å². The van der Waals surface area contributed by atoms with Gasteiger partial charge in [0, 0.05) is 31.5 Å². The average molecular weight is 403 g/mol. The van der Waals surface area contributed by atoms with Crippen molar-refractivity contribution in [2.24, 2.45) is 11.7 Å². The Bertz CT molecular complexity index is 672. The summed E-state index contributed by atoms with van der Waals surface area (Å²) in [6, 6.07) is 21.0. The van der Waals surface area contributed by atoms with E-state index < -0.39 is 0 Å². The van der Waals surface area contributed by atoms with Gasteiger partial charge in [-0.15, -0.1) is 12.4 Å². The van der Waals surface area contributed by atoms with E-state index in [1.54, 1.807) is 7.11 Å². The number of rotatable bonds is 7. The summed E-state index contributed by atoms with van der Waals surface area (Å²) in [6.07, 6.45) is 3.25. The molecule has 3 N–H and O–H groups in total. The van der Waals surface area contributed by atoms with Gasteiger partial charge >= 0.3 is 0 Å². The molecule has 28 heavy (non-hydrogen) atoms. The summed E-state index contributed by atoms with van der Waals surface area (Å²) in [4.78, 5) is 12.6. The van der Waals surface area contributed by atoms with Crippen LogP contribution in [0.15, 0.2) is 60.7 Å². The van der Waals surface area contributed by atoms with E-state index in [9.17, 15) is 4.79 Å². The van der Waals surface area contributed by atoms with Crippen molar-refractivity contribution in [3.8, 4) is 0 Å². The second kappa shape index (κ2) is 11.2. The lowest BCUT2D eigenvalue weighted by Gasteiger charge is -2.32. The molecular weight excluding hydrogens is 372 g/mol. The Morgan fingerprint density at radius 1 is 1.07 bits per heavy atom. The standard InChI is InChI=1S/C23H30N2O2.ClH/c1-27-22-16-19(12-13-21(22)24)23(26)25-15-14-20(17-8-4-2-5-9-17)18-10-6-3-7-11-18;/h2-11,19-22H,12-16,24H2,1H3,(H,25,26);1H/t19-,21+,22+;/m0./s1. The Morgan fingerprint density at radius 2 is 1.64 bits per heavy atom. The zero-order valence-corrected chi connectivity index (χ0v) is 17.2. The molecule has 5 heteroatoms. The lowest BCUT2D eigenvalue weighted by Crippen LogP contribution is -2.45. The smallest absolute Gasteiger partial charge is 0.223 e. The van der Waals surface area contributed by atoms with Crippen molar-refractivity contribution in [2.75, 3.05) is 13.7 Å². The van der Waals surface area contributed by atoms with Crippen molar-refractivity contribution in [2.45, 2.75) is 43.7 Å². The van der Waals surface area contributed by atoms with Crippen LogP contribution < -0.4 is 11.1 Å². The van der Waals surface area contributed by atoms with E-state index in [0.717, 1.165) is 19.3 Å². The summed E-state index contributed by atoms with van der Waals surface area (Å²) in [7, 11) is 1.68. The minimum Gasteiger partial charge on any atom is -0.380 e. The molecule has 0 aliphatic heterocycles. The lowest BCUT2D eigenvalue weighted by molar-refractivity contribution is -0.127. The van der Waals surface area contributed by atoms with E-state index in [1.807, 2.05) is 12.1 Å². The number of amides is 1. The fraction of sp³-hybridized carbons (Fsp3) is 0.435. The highest BCUT2D eigenvalue weighted by Gasteiger charge is 2.32. The van der Waals surface area contributed by atoms with Gasteiger partial charge in [0.15, 0.2) is 0 Å². The molecule has 2 aromatic rings. The molecule has 0 heterocycles. The van der Waals surface area contributed by atoms with Crippen molar-refractivity contribution in [3.63, 3.8) is 0 Å². The minimum atomic E-state index is -0.0177. The number of benzene rings is 2. The number of nitrogens with two attached hydrogens (primary N) is 1. The van der Waals surface area contributed by atoms with Gasteiger partial charge in [0.25, 0.3) is 0 Å². The maximum atomic E-state index is 12.6. The lowest BCUT2D eigenvalue weighted by atomic mass is 9.83. The maximum Gasteiger partial charge on any atom is 0.223 e. The van der Waals surface area contributed by atoms with Crippen LogP contribution in [0.1, 0.15) is 42.7 Å². The number of carbonyl (C=O) groups is 1. The van der Waals surface area contributed by atoms with E-state index in [-0.39, 0.29) is 42.3 Å². The number of hydrogen-bond acceptors (Lipinski definition) is 3. The molecule has 0 bridgehead atoms. The summed E-state index contributed by atoms with van der Waals surface area (Å²) in [5, 5.41) is 3.15. The van der Waals surface area contributed by atoms with Gasteiger partial charge in [-0.1, -0.05) is 60.7 Å². The van der Waals surface area contributed by atoms with Crippen LogP contribution in [0.4, 0.5) is 0 Å². The molecule has 1 fully saturated rings. The summed E-state index contributed by atoms with van der Waals surface area (Å²) < 4.78 is 5.44. The molecule has 1 aliphatic carbocycles. The third-order valence-electron chi connectivity index (χ3n) is 5.65. The number of methoxy groups -OCH3 is 1. The highest BCUT2D eigenvalue weighted by atomic mass is 35.5. The number of nitrogens with one attached hydrogen (secondary N) is 1. The van der Waals surface area contributed by atoms with Crippen molar-refractivity contribution >= 4 is 18.3 Å². The quantitative estimate of drug-likeness (QED) is 0.738. The first-order chi connectivity index (χ1) is 13.2. The van der Waals surface area contributed by atoms with Gasteiger partial charge in [-0.05, 0) is 36.8 Å². The predicted molar refractivity (Wildman–Crippen MR) is 116 cm³/mol. The summed E-state index contributed by atoms with van der Waals surface area (Å²) >= 11 is 0. The second-order valence-corrected chi connectivity index (χ2v) is 7.40. The molecule has 0 spiro atoms. The molecular formula is C23H31ClN2O2. The van der Waals surface area contributed by atoms with Crippen LogP contribution in [0.5, 0.6) is 0 Å². The molecule has 1 amide bonds. The molecule has 0 aromatic heterocycles. The number of hydrogen-bond donors (Lipinski definition) is 2. The Morgan fingerprint density at radius 3 is 2.18 bits per heavy atom. The van der Waals surface area contributed by atoms with E-state index in [4.69, 9.17) is 10.5 Å². The van der Waals surface area contributed by atoms with Crippen LogP contribution in [-0.2, 0) is 9.53 Å². The minimum absolute atomic E-state index is 0. The summed E-state index contributed by atoms with van der Waals surface area (Å²) in [6.45, 7) is 0.660. The first-order valence-electron chi connectivity index (χ1n) is 9.85. The zero-order chi connectivity index (χ0) is 19.1. The SMILES string of the molecule is CO[C@@H]1C[C@@H](C(=O)NCCC(c2ccccc2)c2ccccc2)CC[C@H]1N.Cl. The van der Waals surface area contributed by atoms with Crippen LogP contribution in [0.2, 0.25) is 0 Å². The summed E-state index contributed by atoms with van der Waals surface area (Å²) in [5.74, 6) is 0.407. The molecule has 0 unspecified atom stereocenters. The van der Waals surface area contributed by atoms with Gasteiger partial charge in [0.1, 0.15) is 0 Å². The van der Waals surface area contributed by atoms with E-state index >= 15 is 0 Å². The predicted octanol–water partition coefficient (Wildman–Crippen LogP) is 3.89. The van der Waals surface area contributed by atoms with Crippen LogP contribution in [0.25, 0.3) is 0 Å². The number of halogens is 1. The van der Waals surface area contributed by atoms with Gasteiger partial charge in [-0.2, -0.15) is 0 Å². The van der Waals surface area contributed by atoms with E-state index in [2.05, 4.69) is 53.8 Å². The van der Waals surface area contributed by atoms with Crippen molar-refractivity contribution in [1.82, 2.24) is 5.32 Å². The maximum absolute atomic E-state index is 12.6. The third kappa shape index (κ3) is 5.81. The highest BCUT2D eigenvalue weighted by Crippen LogP contribution is 2.28. The van der Waals surface area contributed by atoms with Crippen LogP contribution >= 0.6 is 12.4 Å². The monoisotopic (exact) mass is 402 g/mol. The van der Waals surface area contributed by atoms with Crippen molar-refractivity contribution in [3.05, 3.63) is 71.8 Å². The van der Waals surface area contributed by atoms with Crippen LogP contribution in [-0.4, -0.2) is 31.7 Å². The number of ether oxygens (including phenoxy) is 1. The fourth-order valence-electron chi connectivity index (χ4n) is 4.04. The molecule has 1 saturated carbocycles. The molecule has 2 aromatic carbocycles. The Hall–Kier alpha value is -1.88. The summed E-state index contributed by atoms with van der Waals surface area (Å²) in [5.41, 5.74) is 8.62. The molecule has 1 aliphatic rings. The normalized spacial score (nSPS) is 21.8. The first kappa shape index (κ1) is 22.4. The van der Waals surface area contributed by atoms with Crippen molar-refractivity contribution in [1.29, 1.82) is 0 Å². The molecule has 4 nitrogen and oxygen atoms in total. The molecule has 3 rings (SSSR count). The van der Waals surface area contributed by atoms with Crippen molar-refractivity contribution < 1.29 is 9.53 Å². The van der Waals surface area contributed by atoms with E-state index in [1.165, 1.54) is 11.1 Å². The van der Waals surface area contributed by atoms with Crippen LogP contribution in [0.3, 0.4) is 0 Å². The fourth-order valence-corrected chi connectivity index (χ4v) is 4.04. The van der Waals surface area contributed by atoms with Gasteiger partial charge in [-0.25, -0.2) is 0 Å². The average Bonchev–Trinajstić information content (AvgIpc) is 2.72. The highest BCUT2D eigenvalue weighted by molar-refractivity contribution is 5.85. The second-order valence-electron chi connectivity index (χ2n) is 7.40. The molecule has 3 atom stereocenters.